The van der Waals surface area contributed by atoms with Crippen LogP contribution in [0.15, 0.2) is 18.2 Å². The van der Waals surface area contributed by atoms with Crippen LogP contribution < -0.4 is 10.5 Å². The average molecular weight is 288 g/mol. The van der Waals surface area contributed by atoms with Gasteiger partial charge in [-0.3, -0.25) is 4.90 Å². The first kappa shape index (κ1) is 14.9. The van der Waals surface area contributed by atoms with E-state index >= 15 is 0 Å². The average Bonchev–Trinajstić information content (AvgIpc) is 2.86. The SMILES string of the molecule is COc1ccc2c(c1)C(CN)(N1CCC(C)(C)C1)CCC2. The number of aryl methyl sites for hydroxylation is 1. The number of likely N-dealkylation sites (tertiary alicyclic amines) is 1. The van der Waals surface area contributed by atoms with Crippen LogP contribution in [0.5, 0.6) is 5.75 Å². The van der Waals surface area contributed by atoms with Gasteiger partial charge in [0.05, 0.1) is 12.6 Å². The fourth-order valence-electron chi connectivity index (χ4n) is 4.19. The van der Waals surface area contributed by atoms with Gasteiger partial charge in [0.25, 0.3) is 0 Å². The summed E-state index contributed by atoms with van der Waals surface area (Å²) in [6, 6.07) is 6.55. The molecule has 21 heavy (non-hydrogen) atoms. The number of methoxy groups -OCH3 is 1. The minimum Gasteiger partial charge on any atom is -0.497 e. The first-order valence-corrected chi connectivity index (χ1v) is 8.13. The molecule has 1 aliphatic carbocycles. The van der Waals surface area contributed by atoms with Crippen LogP contribution in [0.25, 0.3) is 0 Å². The van der Waals surface area contributed by atoms with Crippen molar-refractivity contribution >= 4 is 0 Å². The van der Waals surface area contributed by atoms with E-state index in [0.717, 1.165) is 25.3 Å². The van der Waals surface area contributed by atoms with Crippen molar-refractivity contribution in [1.29, 1.82) is 0 Å². The number of ether oxygens (including phenoxy) is 1. The number of fused-ring (bicyclic) bond motifs is 1. The van der Waals surface area contributed by atoms with Crippen LogP contribution in [0.1, 0.15) is 44.2 Å². The van der Waals surface area contributed by atoms with Gasteiger partial charge in [0.2, 0.25) is 0 Å². The summed E-state index contributed by atoms with van der Waals surface area (Å²) in [7, 11) is 1.74. The fraction of sp³-hybridized carbons (Fsp3) is 0.667. The molecule has 0 amide bonds. The summed E-state index contributed by atoms with van der Waals surface area (Å²) in [6.45, 7) is 7.73. The zero-order chi connectivity index (χ0) is 15.1. The summed E-state index contributed by atoms with van der Waals surface area (Å²) in [5.74, 6) is 0.951. The molecule has 3 nitrogen and oxygen atoms in total. The Morgan fingerprint density at radius 2 is 2.10 bits per heavy atom. The lowest BCUT2D eigenvalue weighted by Gasteiger charge is -2.46. The molecule has 0 saturated carbocycles. The van der Waals surface area contributed by atoms with Gasteiger partial charge in [-0.1, -0.05) is 19.9 Å². The Morgan fingerprint density at radius 3 is 2.71 bits per heavy atom. The number of benzene rings is 1. The molecule has 1 fully saturated rings. The number of hydrogen-bond donors (Lipinski definition) is 1. The van der Waals surface area contributed by atoms with Crippen molar-refractivity contribution < 1.29 is 4.74 Å². The Balaban J connectivity index is 2.04. The second kappa shape index (κ2) is 5.29. The van der Waals surface area contributed by atoms with Gasteiger partial charge in [-0.2, -0.15) is 0 Å². The summed E-state index contributed by atoms with van der Waals surface area (Å²) in [6.07, 6.45) is 4.82. The molecule has 3 rings (SSSR count). The van der Waals surface area contributed by atoms with Gasteiger partial charge in [0, 0.05) is 13.1 Å². The fourth-order valence-corrected chi connectivity index (χ4v) is 4.19. The Labute approximate surface area is 128 Å². The molecule has 1 heterocycles. The molecule has 1 unspecified atom stereocenters. The van der Waals surface area contributed by atoms with Gasteiger partial charge in [-0.15, -0.1) is 0 Å². The Kier molecular flexibility index (Phi) is 3.74. The molecule has 116 valence electrons. The van der Waals surface area contributed by atoms with E-state index in [0.29, 0.717) is 12.0 Å². The molecule has 1 atom stereocenters. The first-order valence-electron chi connectivity index (χ1n) is 8.13. The number of hydrogen-bond acceptors (Lipinski definition) is 3. The van der Waals surface area contributed by atoms with Gasteiger partial charge in [-0.25, -0.2) is 0 Å². The third kappa shape index (κ3) is 2.47. The highest BCUT2D eigenvalue weighted by atomic mass is 16.5. The van der Waals surface area contributed by atoms with Gasteiger partial charge >= 0.3 is 0 Å². The third-order valence-corrected chi connectivity index (χ3v) is 5.48. The lowest BCUT2D eigenvalue weighted by atomic mass is 9.75. The number of nitrogens with zero attached hydrogens (tertiary/aromatic N) is 1. The molecular weight excluding hydrogens is 260 g/mol. The predicted molar refractivity (Wildman–Crippen MR) is 86.6 cm³/mol. The summed E-state index contributed by atoms with van der Waals surface area (Å²) in [4.78, 5) is 2.64. The molecule has 1 aromatic rings. The van der Waals surface area contributed by atoms with Gasteiger partial charge in [0.15, 0.2) is 0 Å². The van der Waals surface area contributed by atoms with Crippen LogP contribution >= 0.6 is 0 Å². The second-order valence-corrected chi connectivity index (χ2v) is 7.45. The van der Waals surface area contributed by atoms with E-state index in [1.165, 1.54) is 30.4 Å². The largest absolute Gasteiger partial charge is 0.497 e. The Hall–Kier alpha value is -1.06. The summed E-state index contributed by atoms with van der Waals surface area (Å²) in [5, 5.41) is 0. The van der Waals surface area contributed by atoms with Crippen molar-refractivity contribution in [3.63, 3.8) is 0 Å². The normalized spacial score (nSPS) is 28.4. The van der Waals surface area contributed by atoms with Crippen LogP contribution in [0.2, 0.25) is 0 Å². The number of rotatable bonds is 3. The zero-order valence-electron chi connectivity index (χ0n) is 13.6. The van der Waals surface area contributed by atoms with Crippen LogP contribution in [-0.4, -0.2) is 31.6 Å². The maximum Gasteiger partial charge on any atom is 0.119 e. The molecule has 0 spiro atoms. The van der Waals surface area contributed by atoms with Gasteiger partial charge < -0.3 is 10.5 Å². The highest BCUT2D eigenvalue weighted by Gasteiger charge is 2.45. The smallest absolute Gasteiger partial charge is 0.119 e. The van der Waals surface area contributed by atoms with Crippen molar-refractivity contribution in [3.05, 3.63) is 29.3 Å². The van der Waals surface area contributed by atoms with Crippen molar-refractivity contribution in [3.8, 4) is 5.75 Å². The van der Waals surface area contributed by atoms with Crippen molar-refractivity contribution in [2.75, 3.05) is 26.7 Å². The van der Waals surface area contributed by atoms with Gasteiger partial charge in [-0.05, 0) is 60.9 Å². The standard InChI is InChI=1S/C18H28N2O/c1-17(2)9-10-20(13-17)18(12-19)8-4-5-14-6-7-15(21-3)11-16(14)18/h6-7,11H,4-5,8-10,12-13,19H2,1-3H3. The Morgan fingerprint density at radius 1 is 1.29 bits per heavy atom. The van der Waals surface area contributed by atoms with E-state index in [2.05, 4.69) is 36.9 Å². The molecule has 0 radical (unpaired) electrons. The van der Waals surface area contributed by atoms with Crippen LogP contribution in [-0.2, 0) is 12.0 Å². The molecular formula is C18H28N2O. The van der Waals surface area contributed by atoms with Crippen molar-refractivity contribution in [2.45, 2.75) is 45.1 Å². The summed E-state index contributed by atoms with van der Waals surface area (Å²) >= 11 is 0. The highest BCUT2D eigenvalue weighted by Crippen LogP contribution is 2.45. The monoisotopic (exact) mass is 288 g/mol. The predicted octanol–water partition coefficient (Wildman–Crippen LogP) is 2.92. The van der Waals surface area contributed by atoms with E-state index in [9.17, 15) is 0 Å². The van der Waals surface area contributed by atoms with E-state index in [-0.39, 0.29) is 5.54 Å². The van der Waals surface area contributed by atoms with E-state index < -0.39 is 0 Å². The lowest BCUT2D eigenvalue weighted by molar-refractivity contribution is 0.0899. The maximum atomic E-state index is 6.33. The topological polar surface area (TPSA) is 38.5 Å². The maximum absolute atomic E-state index is 6.33. The van der Waals surface area contributed by atoms with Crippen LogP contribution in [0.3, 0.4) is 0 Å². The first-order chi connectivity index (χ1) is 10.0. The van der Waals surface area contributed by atoms with Crippen molar-refractivity contribution in [1.82, 2.24) is 4.90 Å². The summed E-state index contributed by atoms with van der Waals surface area (Å²) < 4.78 is 5.46. The molecule has 2 aliphatic rings. The minimum atomic E-state index is 0.00981. The quantitative estimate of drug-likeness (QED) is 0.929. The van der Waals surface area contributed by atoms with Crippen LogP contribution in [0.4, 0.5) is 0 Å². The van der Waals surface area contributed by atoms with E-state index in [4.69, 9.17) is 10.5 Å². The zero-order valence-corrected chi connectivity index (χ0v) is 13.6. The van der Waals surface area contributed by atoms with Gasteiger partial charge in [0.1, 0.15) is 5.75 Å². The molecule has 1 aromatic carbocycles. The summed E-state index contributed by atoms with van der Waals surface area (Å²) in [5.41, 5.74) is 9.61. The minimum absolute atomic E-state index is 0.00981. The molecule has 0 bridgehead atoms. The highest BCUT2D eigenvalue weighted by molar-refractivity contribution is 5.42. The Bertz CT molecular complexity index is 526. The van der Waals surface area contributed by atoms with Crippen molar-refractivity contribution in [2.24, 2.45) is 11.1 Å². The molecule has 2 N–H and O–H groups in total. The third-order valence-electron chi connectivity index (χ3n) is 5.48. The molecule has 1 aliphatic heterocycles. The second-order valence-electron chi connectivity index (χ2n) is 7.45. The number of nitrogens with two attached hydrogens (primary N) is 1. The lowest BCUT2D eigenvalue weighted by Crippen LogP contribution is -2.52. The van der Waals surface area contributed by atoms with E-state index in [1.54, 1.807) is 7.11 Å². The molecule has 1 saturated heterocycles. The molecule has 0 aromatic heterocycles. The van der Waals surface area contributed by atoms with Crippen LogP contribution in [0, 0.1) is 5.41 Å². The molecule has 3 heteroatoms. The van der Waals surface area contributed by atoms with E-state index in [1.807, 2.05) is 0 Å².